The Kier molecular flexibility index (Phi) is 3.49. The molecule has 0 spiro atoms. The molecular formula is C10H12BrClN2O2S2. The highest BCUT2D eigenvalue weighted by Gasteiger charge is 2.42. The van der Waals surface area contributed by atoms with E-state index in [1.54, 1.807) is 4.31 Å². The second kappa shape index (κ2) is 4.71. The summed E-state index contributed by atoms with van der Waals surface area (Å²) in [7, 11) is -3.37. The summed E-state index contributed by atoms with van der Waals surface area (Å²) < 4.78 is 27.5. The fraction of sp³-hybridized carbons (Fsp3) is 0.600. The van der Waals surface area contributed by atoms with Crippen LogP contribution in [0.15, 0.2) is 14.1 Å². The predicted octanol–water partition coefficient (Wildman–Crippen LogP) is 2.00. The van der Waals surface area contributed by atoms with Crippen molar-refractivity contribution in [2.45, 2.75) is 4.21 Å². The van der Waals surface area contributed by atoms with E-state index in [1.807, 2.05) is 0 Å². The molecule has 18 heavy (non-hydrogen) atoms. The van der Waals surface area contributed by atoms with Crippen molar-refractivity contribution >= 4 is 48.9 Å². The molecule has 3 rings (SSSR count). The topological polar surface area (TPSA) is 49.4 Å². The number of nitrogens with zero attached hydrogens (tertiary/aromatic N) is 1. The predicted molar refractivity (Wildman–Crippen MR) is 75.6 cm³/mol. The molecule has 0 bridgehead atoms. The molecule has 100 valence electrons. The number of hydrogen-bond donors (Lipinski definition) is 1. The van der Waals surface area contributed by atoms with Gasteiger partial charge in [-0.05, 0) is 46.9 Å². The molecule has 4 nitrogen and oxygen atoms in total. The van der Waals surface area contributed by atoms with Crippen LogP contribution >= 0.6 is 38.9 Å². The molecule has 0 aliphatic carbocycles. The Morgan fingerprint density at radius 2 is 2.00 bits per heavy atom. The van der Waals surface area contributed by atoms with Gasteiger partial charge in [0.1, 0.15) is 4.21 Å². The van der Waals surface area contributed by atoms with E-state index < -0.39 is 10.0 Å². The van der Waals surface area contributed by atoms with Gasteiger partial charge in [0.25, 0.3) is 10.0 Å². The highest BCUT2D eigenvalue weighted by molar-refractivity contribution is 9.11. The Bertz CT molecular complexity index is 543. The first-order chi connectivity index (χ1) is 8.48. The molecule has 2 unspecified atom stereocenters. The van der Waals surface area contributed by atoms with Crippen molar-refractivity contribution in [3.63, 3.8) is 0 Å². The molecule has 0 saturated carbocycles. The van der Waals surface area contributed by atoms with Crippen LogP contribution in [-0.2, 0) is 10.0 Å². The minimum absolute atomic E-state index is 0.326. The first-order valence-electron chi connectivity index (χ1n) is 5.64. The second-order valence-corrected chi connectivity index (χ2v) is 9.63. The molecule has 0 aromatic carbocycles. The average molecular weight is 372 g/mol. The van der Waals surface area contributed by atoms with Gasteiger partial charge in [0, 0.05) is 13.1 Å². The van der Waals surface area contributed by atoms with Crippen LogP contribution in [0.25, 0.3) is 0 Å². The van der Waals surface area contributed by atoms with E-state index in [9.17, 15) is 8.42 Å². The Hall–Kier alpha value is 0.340. The van der Waals surface area contributed by atoms with Gasteiger partial charge in [0.05, 0.1) is 8.81 Å². The van der Waals surface area contributed by atoms with Crippen LogP contribution in [0.5, 0.6) is 0 Å². The number of halogens is 2. The van der Waals surface area contributed by atoms with Gasteiger partial charge in [-0.1, -0.05) is 11.6 Å². The summed E-state index contributed by atoms with van der Waals surface area (Å²) >= 11 is 10.3. The largest absolute Gasteiger partial charge is 0.316 e. The Morgan fingerprint density at radius 3 is 2.50 bits per heavy atom. The summed E-state index contributed by atoms with van der Waals surface area (Å²) in [5, 5.41) is 3.76. The van der Waals surface area contributed by atoms with Crippen LogP contribution in [0, 0.1) is 11.8 Å². The van der Waals surface area contributed by atoms with Gasteiger partial charge in [-0.25, -0.2) is 8.42 Å². The quantitative estimate of drug-likeness (QED) is 0.865. The van der Waals surface area contributed by atoms with E-state index in [2.05, 4.69) is 21.2 Å². The summed E-state index contributed by atoms with van der Waals surface area (Å²) in [5.41, 5.74) is 0. The molecule has 8 heteroatoms. The lowest BCUT2D eigenvalue weighted by Gasteiger charge is -2.15. The van der Waals surface area contributed by atoms with E-state index in [0.29, 0.717) is 37.9 Å². The number of thiophene rings is 1. The number of hydrogen-bond acceptors (Lipinski definition) is 4. The van der Waals surface area contributed by atoms with Crippen molar-refractivity contribution in [1.82, 2.24) is 9.62 Å². The van der Waals surface area contributed by atoms with Crippen LogP contribution in [-0.4, -0.2) is 38.9 Å². The second-order valence-electron chi connectivity index (χ2n) is 4.69. The zero-order valence-corrected chi connectivity index (χ0v) is 13.4. The highest BCUT2D eigenvalue weighted by atomic mass is 79.9. The Labute approximate surface area is 123 Å². The SMILES string of the molecule is O=S(=O)(c1cc(Cl)c(Br)s1)N1CC2CNCC2C1. The van der Waals surface area contributed by atoms with Crippen molar-refractivity contribution in [1.29, 1.82) is 0 Å². The van der Waals surface area contributed by atoms with E-state index in [4.69, 9.17) is 11.6 Å². The Morgan fingerprint density at radius 1 is 1.39 bits per heavy atom. The molecule has 3 heterocycles. The van der Waals surface area contributed by atoms with Crippen molar-refractivity contribution in [2.24, 2.45) is 11.8 Å². The fourth-order valence-corrected chi connectivity index (χ4v) is 6.70. The lowest BCUT2D eigenvalue weighted by molar-refractivity contribution is 0.449. The van der Waals surface area contributed by atoms with Crippen LogP contribution in [0.3, 0.4) is 0 Å². The average Bonchev–Trinajstić information content (AvgIpc) is 2.93. The normalized spacial score (nSPS) is 28.8. The first-order valence-corrected chi connectivity index (χ1v) is 9.07. The number of rotatable bonds is 2. The maximum absolute atomic E-state index is 12.5. The van der Waals surface area contributed by atoms with Gasteiger partial charge in [-0.15, -0.1) is 11.3 Å². The van der Waals surface area contributed by atoms with E-state index in [1.165, 1.54) is 17.4 Å². The molecule has 0 radical (unpaired) electrons. The summed E-state index contributed by atoms with van der Waals surface area (Å²) in [6.45, 7) is 3.08. The molecular weight excluding hydrogens is 360 g/mol. The first kappa shape index (κ1) is 13.3. The summed E-state index contributed by atoms with van der Waals surface area (Å²) in [5.74, 6) is 0.914. The number of nitrogens with one attached hydrogen (secondary N) is 1. The lowest BCUT2D eigenvalue weighted by atomic mass is 10.0. The van der Waals surface area contributed by atoms with Gasteiger partial charge in [0.2, 0.25) is 0 Å². The smallest absolute Gasteiger partial charge is 0.252 e. The van der Waals surface area contributed by atoms with Crippen molar-refractivity contribution in [2.75, 3.05) is 26.2 Å². The minimum Gasteiger partial charge on any atom is -0.316 e. The van der Waals surface area contributed by atoms with Crippen LogP contribution in [0.1, 0.15) is 0 Å². The molecule has 1 aromatic rings. The van der Waals surface area contributed by atoms with Gasteiger partial charge < -0.3 is 5.32 Å². The molecule has 2 saturated heterocycles. The third-order valence-corrected chi connectivity index (χ3v) is 8.33. The number of fused-ring (bicyclic) bond motifs is 1. The number of sulfonamides is 1. The monoisotopic (exact) mass is 370 g/mol. The van der Waals surface area contributed by atoms with Crippen LogP contribution < -0.4 is 5.32 Å². The summed E-state index contributed by atoms with van der Waals surface area (Å²) in [4.78, 5) is 0. The van der Waals surface area contributed by atoms with Crippen LogP contribution in [0.4, 0.5) is 0 Å². The fourth-order valence-electron chi connectivity index (χ4n) is 2.59. The van der Waals surface area contributed by atoms with E-state index in [-0.39, 0.29) is 0 Å². The van der Waals surface area contributed by atoms with Crippen LogP contribution in [0.2, 0.25) is 5.02 Å². The van der Waals surface area contributed by atoms with Gasteiger partial charge in [-0.3, -0.25) is 0 Å². The third kappa shape index (κ3) is 2.14. The van der Waals surface area contributed by atoms with E-state index >= 15 is 0 Å². The maximum Gasteiger partial charge on any atom is 0.252 e. The molecule has 0 amide bonds. The highest BCUT2D eigenvalue weighted by Crippen LogP contribution is 2.38. The molecule has 2 aliphatic heterocycles. The van der Waals surface area contributed by atoms with Gasteiger partial charge in [0.15, 0.2) is 0 Å². The van der Waals surface area contributed by atoms with Crippen molar-refractivity contribution in [3.8, 4) is 0 Å². The summed E-state index contributed by atoms with van der Waals surface area (Å²) in [6.07, 6.45) is 0. The summed E-state index contributed by atoms with van der Waals surface area (Å²) in [6, 6.07) is 1.53. The Balaban J connectivity index is 1.87. The van der Waals surface area contributed by atoms with Gasteiger partial charge in [-0.2, -0.15) is 4.31 Å². The molecule has 2 aliphatic rings. The minimum atomic E-state index is -3.37. The molecule has 1 N–H and O–H groups in total. The molecule has 1 aromatic heterocycles. The maximum atomic E-state index is 12.5. The zero-order valence-electron chi connectivity index (χ0n) is 9.40. The third-order valence-electron chi connectivity index (χ3n) is 3.57. The van der Waals surface area contributed by atoms with Crippen molar-refractivity contribution < 1.29 is 8.42 Å². The standard InChI is InChI=1S/C10H12BrClN2O2S2/c11-10-8(12)1-9(17-10)18(15,16)14-4-6-2-13-3-7(6)5-14/h1,6-7,13H,2-5H2. The lowest BCUT2D eigenvalue weighted by Crippen LogP contribution is -2.31. The molecule has 2 atom stereocenters. The molecule has 2 fully saturated rings. The van der Waals surface area contributed by atoms with E-state index in [0.717, 1.165) is 13.1 Å². The van der Waals surface area contributed by atoms with Crippen molar-refractivity contribution in [3.05, 3.63) is 14.9 Å². The van der Waals surface area contributed by atoms with Gasteiger partial charge >= 0.3 is 0 Å². The zero-order chi connectivity index (χ0) is 12.9.